The first kappa shape index (κ1) is 32.3. The summed E-state index contributed by atoms with van der Waals surface area (Å²) >= 11 is 0. The summed E-state index contributed by atoms with van der Waals surface area (Å²) in [5.74, 6) is -2.20. The molecule has 0 aromatic heterocycles. The average Bonchev–Trinajstić information content (AvgIpc) is 3.36. The van der Waals surface area contributed by atoms with Crippen LogP contribution in [0.5, 0.6) is 0 Å². The Bertz CT molecular complexity index is 1510. The molecule has 1 saturated heterocycles. The van der Waals surface area contributed by atoms with E-state index in [1.165, 1.54) is 0 Å². The Hall–Kier alpha value is -3.57. The first-order valence-electron chi connectivity index (χ1n) is 14.3. The van der Waals surface area contributed by atoms with E-state index in [1.54, 1.807) is 13.2 Å². The lowest BCUT2D eigenvalue weighted by atomic mass is 9.93. The number of carbonyl (C=O) groups is 2. The molecule has 3 aromatic carbocycles. The Morgan fingerprint density at radius 1 is 1.02 bits per heavy atom. The van der Waals surface area contributed by atoms with Gasteiger partial charge in [-0.25, -0.2) is 13.2 Å². The van der Waals surface area contributed by atoms with Crippen LogP contribution in [0.15, 0.2) is 72.8 Å². The van der Waals surface area contributed by atoms with Crippen molar-refractivity contribution in [3.8, 4) is 11.1 Å². The summed E-state index contributed by atoms with van der Waals surface area (Å²) in [6.07, 6.45) is 1.76. The molecule has 1 amide bonds. The number of nitrogens with zero attached hydrogens (tertiary/aromatic N) is 1. The van der Waals surface area contributed by atoms with Gasteiger partial charge in [-0.1, -0.05) is 60.7 Å². The first-order valence-corrected chi connectivity index (χ1v) is 16.4. The normalized spacial score (nSPS) is 17.9. The van der Waals surface area contributed by atoms with Crippen LogP contribution < -0.4 is 5.32 Å². The molecule has 0 bridgehead atoms. The fourth-order valence-electron chi connectivity index (χ4n) is 5.41. The number of carbonyl (C=O) groups excluding carboxylic acids is 1. The number of aliphatic carboxylic acids is 1. The molecule has 3 atom stereocenters. The van der Waals surface area contributed by atoms with Gasteiger partial charge in [-0.3, -0.25) is 9.69 Å². The summed E-state index contributed by atoms with van der Waals surface area (Å²) in [7, 11) is -1.67. The van der Waals surface area contributed by atoms with Crippen LogP contribution in [0.1, 0.15) is 39.9 Å². The van der Waals surface area contributed by atoms with Crippen molar-refractivity contribution < 1.29 is 32.6 Å². The van der Waals surface area contributed by atoms with Gasteiger partial charge in [-0.05, 0) is 59.7 Å². The van der Waals surface area contributed by atoms with Gasteiger partial charge in [0.05, 0.1) is 25.1 Å². The lowest BCUT2D eigenvalue weighted by Gasteiger charge is -2.25. The number of sulfone groups is 1. The summed E-state index contributed by atoms with van der Waals surface area (Å²) in [5.41, 5.74) is 4.94. The zero-order valence-electron chi connectivity index (χ0n) is 24.9. The van der Waals surface area contributed by atoms with Gasteiger partial charge < -0.3 is 19.9 Å². The highest BCUT2D eigenvalue weighted by Gasteiger charge is 2.32. The maximum atomic E-state index is 13.4. The second-order valence-corrected chi connectivity index (χ2v) is 13.4. The van der Waals surface area contributed by atoms with E-state index >= 15 is 0 Å². The topological polar surface area (TPSA) is 122 Å². The Morgan fingerprint density at radius 3 is 2.42 bits per heavy atom. The van der Waals surface area contributed by atoms with E-state index in [1.807, 2.05) is 73.7 Å². The van der Waals surface area contributed by atoms with Crippen LogP contribution in [0.4, 0.5) is 0 Å². The number of nitrogens with one attached hydrogen (secondary N) is 1. The number of benzene rings is 3. The molecule has 1 heterocycles. The molecule has 1 aliphatic rings. The molecule has 0 saturated carbocycles. The minimum absolute atomic E-state index is 0.0890. The lowest BCUT2D eigenvalue weighted by Crippen LogP contribution is -2.42. The minimum atomic E-state index is -3.40. The average molecular weight is 609 g/mol. The van der Waals surface area contributed by atoms with Gasteiger partial charge in [0.2, 0.25) is 0 Å². The zero-order chi connectivity index (χ0) is 31.0. The molecule has 1 fully saturated rings. The molecular weight excluding hydrogens is 568 g/mol. The van der Waals surface area contributed by atoms with E-state index in [0.29, 0.717) is 30.9 Å². The summed E-state index contributed by atoms with van der Waals surface area (Å²) in [6, 6.07) is 22.2. The SMILES string of the molecule is CO[C@@H]1C[C@H](COCc2ccccc2)N(Cc2ccc(C(=O)N[C@@H](CCS(C)(=O)=O)C(=O)O)c(-c3ccccc3C)c2)C1. The molecule has 9 nitrogen and oxygen atoms in total. The Kier molecular flexibility index (Phi) is 11.1. The van der Waals surface area contributed by atoms with E-state index in [4.69, 9.17) is 9.47 Å². The smallest absolute Gasteiger partial charge is 0.326 e. The summed E-state index contributed by atoms with van der Waals surface area (Å²) in [6.45, 7) is 4.42. The van der Waals surface area contributed by atoms with Crippen LogP contribution in [0.2, 0.25) is 0 Å². The van der Waals surface area contributed by atoms with Crippen molar-refractivity contribution in [2.45, 2.75) is 51.1 Å². The van der Waals surface area contributed by atoms with Crippen LogP contribution >= 0.6 is 0 Å². The molecule has 0 aliphatic carbocycles. The third kappa shape index (κ3) is 9.21. The van der Waals surface area contributed by atoms with Crippen molar-refractivity contribution in [1.82, 2.24) is 10.2 Å². The molecule has 0 unspecified atom stereocenters. The number of ether oxygens (including phenoxy) is 2. The van der Waals surface area contributed by atoms with Crippen molar-refractivity contribution in [3.63, 3.8) is 0 Å². The van der Waals surface area contributed by atoms with Gasteiger partial charge in [-0.2, -0.15) is 0 Å². The lowest BCUT2D eigenvalue weighted by molar-refractivity contribution is -0.139. The van der Waals surface area contributed by atoms with Crippen LogP contribution in [0, 0.1) is 6.92 Å². The number of methoxy groups -OCH3 is 1. The number of amides is 1. The van der Waals surface area contributed by atoms with E-state index in [-0.39, 0.29) is 24.3 Å². The molecule has 4 rings (SSSR count). The molecule has 43 heavy (non-hydrogen) atoms. The van der Waals surface area contributed by atoms with Crippen molar-refractivity contribution in [3.05, 3.63) is 95.1 Å². The number of rotatable bonds is 14. The summed E-state index contributed by atoms with van der Waals surface area (Å²) in [4.78, 5) is 27.6. The van der Waals surface area contributed by atoms with Crippen molar-refractivity contribution in [1.29, 1.82) is 0 Å². The predicted molar refractivity (Wildman–Crippen MR) is 166 cm³/mol. The minimum Gasteiger partial charge on any atom is -0.480 e. The number of carboxylic acids is 1. The number of aryl methyl sites for hydroxylation is 1. The summed E-state index contributed by atoms with van der Waals surface area (Å²) < 4.78 is 35.0. The van der Waals surface area contributed by atoms with Crippen LogP contribution in [-0.4, -0.2) is 80.8 Å². The molecule has 2 N–H and O–H groups in total. The van der Waals surface area contributed by atoms with Gasteiger partial charge in [0.1, 0.15) is 15.9 Å². The van der Waals surface area contributed by atoms with Gasteiger partial charge in [0.15, 0.2) is 0 Å². The van der Waals surface area contributed by atoms with Gasteiger partial charge in [0, 0.05) is 38.1 Å². The zero-order valence-corrected chi connectivity index (χ0v) is 25.7. The molecule has 1 aliphatic heterocycles. The highest BCUT2D eigenvalue weighted by molar-refractivity contribution is 7.90. The number of likely N-dealkylation sites (tertiary alicyclic amines) is 1. The van der Waals surface area contributed by atoms with Crippen LogP contribution in [-0.2, 0) is 37.3 Å². The van der Waals surface area contributed by atoms with E-state index in [9.17, 15) is 23.1 Å². The third-order valence-corrected chi connectivity index (χ3v) is 8.75. The number of hydrogen-bond acceptors (Lipinski definition) is 7. The molecule has 0 spiro atoms. The van der Waals surface area contributed by atoms with Gasteiger partial charge in [-0.15, -0.1) is 0 Å². The number of carboxylic acid groups (broad SMARTS) is 1. The van der Waals surface area contributed by atoms with Gasteiger partial charge in [0.25, 0.3) is 5.91 Å². The van der Waals surface area contributed by atoms with E-state index < -0.39 is 27.8 Å². The third-order valence-electron chi connectivity index (χ3n) is 7.77. The standard InChI is InChI=1S/C33H40N2O7S/c1-23-9-7-8-12-28(23)30-17-25(13-14-29(30)32(36)34-31(33(37)38)15-16-43(3,39)40)19-35-20-27(41-2)18-26(35)22-42-21-24-10-5-4-6-11-24/h4-14,17,26-27,31H,15-16,18-22H2,1-3H3,(H,34,36)(H,37,38)/t26-,27-,31+/m1/s1. The largest absolute Gasteiger partial charge is 0.480 e. The van der Waals surface area contributed by atoms with E-state index in [0.717, 1.165) is 41.5 Å². The van der Waals surface area contributed by atoms with Crippen molar-refractivity contribution in [2.75, 3.05) is 32.3 Å². The monoisotopic (exact) mass is 608 g/mol. The van der Waals surface area contributed by atoms with Crippen molar-refractivity contribution in [2.24, 2.45) is 0 Å². The predicted octanol–water partition coefficient (Wildman–Crippen LogP) is 4.09. The molecule has 0 radical (unpaired) electrons. The van der Waals surface area contributed by atoms with Crippen LogP contribution in [0.25, 0.3) is 11.1 Å². The molecular formula is C33H40N2O7S. The Balaban J connectivity index is 1.56. The molecule has 3 aromatic rings. The second-order valence-electron chi connectivity index (χ2n) is 11.2. The highest BCUT2D eigenvalue weighted by Crippen LogP contribution is 2.30. The summed E-state index contributed by atoms with van der Waals surface area (Å²) in [5, 5.41) is 12.2. The maximum Gasteiger partial charge on any atom is 0.326 e. The molecule has 10 heteroatoms. The quantitative estimate of drug-likeness (QED) is 0.281. The molecule has 230 valence electrons. The second kappa shape index (κ2) is 14.7. The van der Waals surface area contributed by atoms with Crippen LogP contribution in [0.3, 0.4) is 0 Å². The first-order chi connectivity index (χ1) is 20.5. The Labute approximate surface area is 253 Å². The fraction of sp³-hybridized carbons (Fsp3) is 0.394. The van der Waals surface area contributed by atoms with Crippen molar-refractivity contribution >= 4 is 21.7 Å². The highest BCUT2D eigenvalue weighted by atomic mass is 32.2. The van der Waals surface area contributed by atoms with Gasteiger partial charge >= 0.3 is 5.97 Å². The maximum absolute atomic E-state index is 13.4. The fourth-order valence-corrected chi connectivity index (χ4v) is 6.07. The Morgan fingerprint density at radius 2 is 1.74 bits per heavy atom. The van der Waals surface area contributed by atoms with E-state index in [2.05, 4.69) is 10.2 Å². The number of hydrogen-bond donors (Lipinski definition) is 2.